The van der Waals surface area contributed by atoms with Crippen molar-refractivity contribution in [3.8, 4) is 0 Å². The first kappa shape index (κ1) is 10.2. The molecule has 0 amide bonds. The molecule has 0 saturated carbocycles. The number of aryl methyl sites for hydroxylation is 1. The molecule has 2 heteroatoms. The van der Waals surface area contributed by atoms with E-state index in [0.29, 0.717) is 6.04 Å². The number of benzene rings is 1. The van der Waals surface area contributed by atoms with Gasteiger partial charge in [0.15, 0.2) is 0 Å². The molecule has 1 heterocycles. The van der Waals surface area contributed by atoms with E-state index in [9.17, 15) is 0 Å². The number of nitrogens with one attached hydrogen (secondary N) is 2. The number of fused-ring (bicyclic) bond motifs is 1. The van der Waals surface area contributed by atoms with E-state index in [-0.39, 0.29) is 0 Å². The lowest BCUT2D eigenvalue weighted by Gasteiger charge is -2.09. The van der Waals surface area contributed by atoms with E-state index in [1.54, 1.807) is 0 Å². The van der Waals surface area contributed by atoms with Gasteiger partial charge in [0.2, 0.25) is 0 Å². The highest BCUT2D eigenvalue weighted by Gasteiger charge is 2.03. The second kappa shape index (κ2) is 4.07. The molecule has 1 atom stereocenters. The molecule has 2 rings (SSSR count). The van der Waals surface area contributed by atoms with Crippen molar-refractivity contribution in [3.05, 3.63) is 35.5 Å². The van der Waals surface area contributed by atoms with Gasteiger partial charge in [-0.2, -0.15) is 0 Å². The first-order valence-electron chi connectivity index (χ1n) is 5.44. The first-order valence-corrected chi connectivity index (χ1v) is 5.44. The van der Waals surface area contributed by atoms with Crippen LogP contribution in [0.5, 0.6) is 0 Å². The molecule has 2 aromatic rings. The van der Waals surface area contributed by atoms with Crippen molar-refractivity contribution in [2.45, 2.75) is 26.3 Å². The molecule has 15 heavy (non-hydrogen) atoms. The predicted octanol–water partition coefficient (Wildman–Crippen LogP) is 2.63. The third-order valence-corrected chi connectivity index (χ3v) is 2.99. The average molecular weight is 202 g/mol. The number of likely N-dealkylation sites (N-methyl/N-ethyl adjacent to an activating group) is 1. The molecular weight excluding hydrogens is 184 g/mol. The number of H-pyrrole nitrogens is 1. The van der Waals surface area contributed by atoms with Gasteiger partial charge in [-0.15, -0.1) is 0 Å². The maximum atomic E-state index is 3.27. The van der Waals surface area contributed by atoms with E-state index in [0.717, 1.165) is 6.42 Å². The Morgan fingerprint density at radius 3 is 2.93 bits per heavy atom. The number of aromatic nitrogens is 1. The molecule has 0 aliphatic rings. The Morgan fingerprint density at radius 1 is 1.40 bits per heavy atom. The lowest BCUT2D eigenvalue weighted by Crippen LogP contribution is -2.23. The topological polar surface area (TPSA) is 27.8 Å². The van der Waals surface area contributed by atoms with E-state index >= 15 is 0 Å². The van der Waals surface area contributed by atoms with E-state index in [1.165, 1.54) is 22.0 Å². The van der Waals surface area contributed by atoms with E-state index in [4.69, 9.17) is 0 Å². The van der Waals surface area contributed by atoms with Gasteiger partial charge in [0, 0.05) is 23.1 Å². The molecule has 0 radical (unpaired) electrons. The van der Waals surface area contributed by atoms with Crippen molar-refractivity contribution in [2.24, 2.45) is 0 Å². The highest BCUT2D eigenvalue weighted by atomic mass is 14.8. The van der Waals surface area contributed by atoms with Crippen molar-refractivity contribution in [1.82, 2.24) is 10.3 Å². The second-order valence-electron chi connectivity index (χ2n) is 4.25. The fourth-order valence-corrected chi connectivity index (χ4v) is 1.89. The van der Waals surface area contributed by atoms with Crippen LogP contribution in [-0.4, -0.2) is 18.1 Å². The molecule has 0 saturated heterocycles. The van der Waals surface area contributed by atoms with Gasteiger partial charge in [-0.1, -0.05) is 6.07 Å². The van der Waals surface area contributed by atoms with Crippen molar-refractivity contribution in [3.63, 3.8) is 0 Å². The number of hydrogen-bond donors (Lipinski definition) is 2. The van der Waals surface area contributed by atoms with Gasteiger partial charge in [-0.3, -0.25) is 0 Å². The van der Waals surface area contributed by atoms with Crippen LogP contribution in [0, 0.1) is 6.92 Å². The quantitative estimate of drug-likeness (QED) is 0.786. The van der Waals surface area contributed by atoms with E-state index < -0.39 is 0 Å². The first-order chi connectivity index (χ1) is 7.20. The van der Waals surface area contributed by atoms with Crippen LogP contribution in [0.25, 0.3) is 10.9 Å². The summed E-state index contributed by atoms with van der Waals surface area (Å²) in [5.41, 5.74) is 3.95. The largest absolute Gasteiger partial charge is 0.361 e. The monoisotopic (exact) mass is 202 g/mol. The van der Waals surface area contributed by atoms with Crippen LogP contribution in [0.4, 0.5) is 0 Å². The number of rotatable bonds is 3. The fourth-order valence-electron chi connectivity index (χ4n) is 1.89. The number of hydrogen-bond acceptors (Lipinski definition) is 1. The molecule has 0 aliphatic carbocycles. The van der Waals surface area contributed by atoms with Crippen molar-refractivity contribution in [1.29, 1.82) is 0 Å². The maximum absolute atomic E-state index is 3.27. The van der Waals surface area contributed by atoms with Crippen LogP contribution in [-0.2, 0) is 6.42 Å². The molecule has 0 fully saturated rings. The Hall–Kier alpha value is -1.28. The lowest BCUT2D eigenvalue weighted by atomic mass is 10.0. The maximum Gasteiger partial charge on any atom is 0.0456 e. The molecule has 80 valence electrons. The van der Waals surface area contributed by atoms with Gasteiger partial charge in [0.1, 0.15) is 0 Å². The van der Waals surface area contributed by atoms with Gasteiger partial charge in [0.05, 0.1) is 0 Å². The summed E-state index contributed by atoms with van der Waals surface area (Å²) in [6.45, 7) is 4.35. The van der Waals surface area contributed by atoms with Crippen molar-refractivity contribution < 1.29 is 0 Å². The smallest absolute Gasteiger partial charge is 0.0456 e. The second-order valence-corrected chi connectivity index (χ2v) is 4.25. The summed E-state index contributed by atoms with van der Waals surface area (Å²) in [6.07, 6.45) is 3.15. The van der Waals surface area contributed by atoms with Crippen LogP contribution < -0.4 is 5.32 Å². The molecule has 0 aliphatic heterocycles. The molecule has 0 spiro atoms. The zero-order chi connectivity index (χ0) is 10.8. The van der Waals surface area contributed by atoms with Crippen molar-refractivity contribution in [2.75, 3.05) is 7.05 Å². The Morgan fingerprint density at radius 2 is 2.20 bits per heavy atom. The highest BCUT2D eigenvalue weighted by Crippen LogP contribution is 2.19. The minimum Gasteiger partial charge on any atom is -0.361 e. The standard InChI is InChI=1S/C13H18N2/c1-9-8-15-13-5-4-11(7-12(9)13)6-10(2)14-3/h4-5,7-8,10,14-15H,6H2,1-3H3. The highest BCUT2D eigenvalue weighted by molar-refractivity contribution is 5.83. The molecule has 0 bridgehead atoms. The fraction of sp³-hybridized carbons (Fsp3) is 0.385. The lowest BCUT2D eigenvalue weighted by molar-refractivity contribution is 0.609. The molecule has 2 nitrogen and oxygen atoms in total. The SMILES string of the molecule is CNC(C)Cc1ccc2[nH]cc(C)c2c1. The Labute approximate surface area is 90.7 Å². The Balaban J connectivity index is 2.33. The summed E-state index contributed by atoms with van der Waals surface area (Å²) in [5.74, 6) is 0. The van der Waals surface area contributed by atoms with Gasteiger partial charge in [-0.25, -0.2) is 0 Å². The minimum atomic E-state index is 0.529. The molecule has 1 aromatic heterocycles. The average Bonchev–Trinajstić information content (AvgIpc) is 2.60. The molecule has 2 N–H and O–H groups in total. The molecule has 1 aromatic carbocycles. The number of aromatic amines is 1. The summed E-state index contributed by atoms with van der Waals surface area (Å²) >= 11 is 0. The summed E-state index contributed by atoms with van der Waals surface area (Å²) in [4.78, 5) is 3.27. The van der Waals surface area contributed by atoms with Crippen LogP contribution in [0.1, 0.15) is 18.1 Å². The van der Waals surface area contributed by atoms with Crippen LogP contribution in [0.3, 0.4) is 0 Å². The third-order valence-electron chi connectivity index (χ3n) is 2.99. The zero-order valence-corrected chi connectivity index (χ0v) is 9.59. The van der Waals surface area contributed by atoms with Crippen LogP contribution >= 0.6 is 0 Å². The zero-order valence-electron chi connectivity index (χ0n) is 9.59. The van der Waals surface area contributed by atoms with Gasteiger partial charge in [0.25, 0.3) is 0 Å². The summed E-state index contributed by atoms with van der Waals surface area (Å²) in [6, 6.07) is 7.18. The summed E-state index contributed by atoms with van der Waals surface area (Å²) in [7, 11) is 2.00. The van der Waals surface area contributed by atoms with Crippen molar-refractivity contribution >= 4 is 10.9 Å². The third kappa shape index (κ3) is 2.05. The van der Waals surface area contributed by atoms with E-state index in [1.807, 2.05) is 7.05 Å². The Bertz CT molecular complexity index is 457. The minimum absolute atomic E-state index is 0.529. The molecule has 1 unspecified atom stereocenters. The summed E-state index contributed by atoms with van der Waals surface area (Å²) in [5, 5.41) is 4.61. The van der Waals surface area contributed by atoms with E-state index in [2.05, 4.69) is 48.5 Å². The van der Waals surface area contributed by atoms with Crippen LogP contribution in [0.2, 0.25) is 0 Å². The van der Waals surface area contributed by atoms with Gasteiger partial charge in [-0.05, 0) is 50.6 Å². The summed E-state index contributed by atoms with van der Waals surface area (Å²) < 4.78 is 0. The normalized spacial score (nSPS) is 13.3. The van der Waals surface area contributed by atoms with Crippen LogP contribution in [0.15, 0.2) is 24.4 Å². The van der Waals surface area contributed by atoms with Gasteiger partial charge < -0.3 is 10.3 Å². The Kier molecular flexibility index (Phi) is 2.78. The predicted molar refractivity (Wildman–Crippen MR) is 65.3 cm³/mol. The molecular formula is C13H18N2. The van der Waals surface area contributed by atoms with Gasteiger partial charge >= 0.3 is 0 Å².